The van der Waals surface area contributed by atoms with Gasteiger partial charge in [0.15, 0.2) is 0 Å². The van der Waals surface area contributed by atoms with Gasteiger partial charge in [-0.15, -0.1) is 0 Å². The molecule has 8 heteroatoms. The summed E-state index contributed by atoms with van der Waals surface area (Å²) in [6.07, 6.45) is -0.474. The van der Waals surface area contributed by atoms with E-state index in [0.717, 1.165) is 11.1 Å². The zero-order chi connectivity index (χ0) is 25.0. The Hall–Kier alpha value is -4.64. The summed E-state index contributed by atoms with van der Waals surface area (Å²) in [5, 5.41) is 14.3. The van der Waals surface area contributed by atoms with Gasteiger partial charge >= 0.3 is 6.09 Å². The number of nitrogens with zero attached hydrogens (tertiary/aromatic N) is 1. The van der Waals surface area contributed by atoms with Crippen LogP contribution in [0, 0.1) is 11.3 Å². The zero-order valence-electron chi connectivity index (χ0n) is 19.0. The fraction of sp³-hybridized carbons (Fsp3) is 0.185. The van der Waals surface area contributed by atoms with Gasteiger partial charge in [0.25, 0.3) is 0 Å². The average Bonchev–Trinajstić information content (AvgIpc) is 2.88. The van der Waals surface area contributed by atoms with Crippen LogP contribution in [-0.2, 0) is 33.8 Å². The highest BCUT2D eigenvalue weighted by Crippen LogP contribution is 2.09. The molecule has 8 nitrogen and oxygen atoms in total. The third kappa shape index (κ3) is 8.02. The summed E-state index contributed by atoms with van der Waals surface area (Å²) in [5.74, 6) is -1.31. The molecule has 0 aliphatic rings. The fourth-order valence-electron chi connectivity index (χ4n) is 3.46. The molecule has 178 valence electrons. The number of rotatable bonds is 10. The summed E-state index contributed by atoms with van der Waals surface area (Å²) in [6.45, 7) is 0.0471. The summed E-state index contributed by atoms with van der Waals surface area (Å²) in [4.78, 5) is 37.7. The maximum Gasteiger partial charge on any atom is 0.408 e. The quantitative estimate of drug-likeness (QED) is 0.419. The van der Waals surface area contributed by atoms with Gasteiger partial charge in [0.2, 0.25) is 11.8 Å². The Kier molecular flexibility index (Phi) is 8.97. The molecule has 0 aromatic heterocycles. The highest BCUT2D eigenvalue weighted by Gasteiger charge is 2.26. The molecule has 0 aliphatic heterocycles. The molecule has 3 rings (SSSR count). The number of hydrogen-bond donors (Lipinski definition) is 3. The minimum atomic E-state index is -1.03. The first kappa shape index (κ1) is 25.0. The predicted molar refractivity (Wildman–Crippen MR) is 130 cm³/mol. The molecule has 0 saturated carbocycles. The number of nitrogens with one attached hydrogen (secondary N) is 2. The third-order valence-corrected chi connectivity index (χ3v) is 5.26. The lowest BCUT2D eigenvalue weighted by molar-refractivity contribution is -0.128. The van der Waals surface area contributed by atoms with Crippen LogP contribution in [0.1, 0.15) is 22.3 Å². The van der Waals surface area contributed by atoms with Gasteiger partial charge in [0.05, 0.1) is 11.6 Å². The van der Waals surface area contributed by atoms with Crippen LogP contribution in [0.2, 0.25) is 0 Å². The molecule has 35 heavy (non-hydrogen) atoms. The molecule has 3 aromatic rings. The Balaban J connectivity index is 1.70. The largest absolute Gasteiger partial charge is 0.445 e. The van der Waals surface area contributed by atoms with Crippen LogP contribution in [0.4, 0.5) is 4.79 Å². The van der Waals surface area contributed by atoms with Crippen molar-refractivity contribution >= 4 is 17.9 Å². The Morgan fingerprint density at radius 1 is 0.800 bits per heavy atom. The summed E-state index contributed by atoms with van der Waals surface area (Å²) in [7, 11) is 0. The molecular formula is C27H26N4O4. The van der Waals surface area contributed by atoms with Crippen molar-refractivity contribution in [1.29, 1.82) is 5.26 Å². The summed E-state index contributed by atoms with van der Waals surface area (Å²) in [6, 6.07) is 25.0. The first-order valence-corrected chi connectivity index (χ1v) is 11.0. The third-order valence-electron chi connectivity index (χ3n) is 5.26. The van der Waals surface area contributed by atoms with E-state index in [9.17, 15) is 14.4 Å². The van der Waals surface area contributed by atoms with Gasteiger partial charge in [-0.1, -0.05) is 72.8 Å². The van der Waals surface area contributed by atoms with Crippen molar-refractivity contribution in [2.75, 3.05) is 0 Å². The van der Waals surface area contributed by atoms with Crippen LogP contribution in [0.25, 0.3) is 0 Å². The summed E-state index contributed by atoms with van der Waals surface area (Å²) in [5.41, 5.74) is 8.26. The second-order valence-corrected chi connectivity index (χ2v) is 7.93. The molecule has 4 N–H and O–H groups in total. The highest BCUT2D eigenvalue weighted by atomic mass is 16.5. The number of benzene rings is 3. The number of ether oxygens (including phenoxy) is 1. The van der Waals surface area contributed by atoms with E-state index in [0.29, 0.717) is 11.1 Å². The number of nitrogens with two attached hydrogens (primary N) is 1. The van der Waals surface area contributed by atoms with E-state index in [1.165, 1.54) is 0 Å². The van der Waals surface area contributed by atoms with Crippen LogP contribution in [0.5, 0.6) is 0 Å². The molecule has 0 fully saturated rings. The minimum Gasteiger partial charge on any atom is -0.445 e. The van der Waals surface area contributed by atoms with E-state index in [1.54, 1.807) is 24.3 Å². The van der Waals surface area contributed by atoms with Gasteiger partial charge in [-0.05, 0) is 28.8 Å². The number of nitriles is 1. The van der Waals surface area contributed by atoms with Crippen molar-refractivity contribution in [1.82, 2.24) is 10.6 Å². The molecular weight excluding hydrogens is 444 g/mol. The molecule has 0 spiro atoms. The van der Waals surface area contributed by atoms with Gasteiger partial charge in [-0.25, -0.2) is 4.79 Å². The Labute approximate surface area is 203 Å². The summed E-state index contributed by atoms with van der Waals surface area (Å²) < 4.78 is 5.27. The Morgan fingerprint density at radius 2 is 1.40 bits per heavy atom. The van der Waals surface area contributed by atoms with Crippen molar-refractivity contribution in [3.05, 3.63) is 107 Å². The van der Waals surface area contributed by atoms with Gasteiger partial charge in [0.1, 0.15) is 18.7 Å². The highest BCUT2D eigenvalue weighted by molar-refractivity contribution is 5.91. The van der Waals surface area contributed by atoms with E-state index in [2.05, 4.69) is 10.6 Å². The van der Waals surface area contributed by atoms with E-state index in [4.69, 9.17) is 15.7 Å². The second kappa shape index (κ2) is 12.6. The van der Waals surface area contributed by atoms with Crippen LogP contribution < -0.4 is 16.4 Å². The van der Waals surface area contributed by atoms with Crippen molar-refractivity contribution in [2.45, 2.75) is 31.5 Å². The van der Waals surface area contributed by atoms with Gasteiger partial charge < -0.3 is 21.1 Å². The molecule has 0 bridgehead atoms. The smallest absolute Gasteiger partial charge is 0.408 e. The van der Waals surface area contributed by atoms with Crippen LogP contribution in [-0.4, -0.2) is 30.0 Å². The van der Waals surface area contributed by atoms with E-state index in [-0.39, 0.29) is 19.4 Å². The van der Waals surface area contributed by atoms with Crippen LogP contribution >= 0.6 is 0 Å². The lowest BCUT2D eigenvalue weighted by Crippen LogP contribution is -2.54. The fourth-order valence-corrected chi connectivity index (χ4v) is 3.46. The van der Waals surface area contributed by atoms with Crippen molar-refractivity contribution < 1.29 is 19.1 Å². The van der Waals surface area contributed by atoms with E-state index in [1.807, 2.05) is 66.7 Å². The van der Waals surface area contributed by atoms with Crippen LogP contribution in [0.3, 0.4) is 0 Å². The molecule has 0 heterocycles. The van der Waals surface area contributed by atoms with Crippen molar-refractivity contribution in [3.8, 4) is 6.07 Å². The number of carbonyl (C=O) groups is 3. The van der Waals surface area contributed by atoms with E-state index < -0.39 is 30.0 Å². The number of amides is 3. The molecule has 3 amide bonds. The number of primary amides is 1. The normalized spacial score (nSPS) is 12.0. The van der Waals surface area contributed by atoms with Crippen LogP contribution in [0.15, 0.2) is 84.9 Å². The lowest BCUT2D eigenvalue weighted by Gasteiger charge is -2.22. The molecule has 0 saturated heterocycles. The summed E-state index contributed by atoms with van der Waals surface area (Å²) >= 11 is 0. The maximum absolute atomic E-state index is 13.1. The molecule has 0 unspecified atom stereocenters. The van der Waals surface area contributed by atoms with Crippen molar-refractivity contribution in [2.24, 2.45) is 5.73 Å². The first-order chi connectivity index (χ1) is 16.9. The van der Waals surface area contributed by atoms with Gasteiger partial charge in [-0.2, -0.15) is 5.26 Å². The molecule has 3 aromatic carbocycles. The minimum absolute atomic E-state index is 0.0471. The first-order valence-electron chi connectivity index (χ1n) is 11.0. The van der Waals surface area contributed by atoms with Crippen molar-refractivity contribution in [3.63, 3.8) is 0 Å². The molecule has 2 atom stereocenters. The van der Waals surface area contributed by atoms with E-state index >= 15 is 0 Å². The number of hydrogen-bond acceptors (Lipinski definition) is 5. The molecule has 0 radical (unpaired) electrons. The second-order valence-electron chi connectivity index (χ2n) is 7.93. The van der Waals surface area contributed by atoms with Gasteiger partial charge in [-0.3, -0.25) is 9.59 Å². The number of alkyl carbamates (subject to hydrolysis) is 1. The Morgan fingerprint density at radius 3 is 2.03 bits per heavy atom. The maximum atomic E-state index is 13.1. The monoisotopic (exact) mass is 470 g/mol. The Bertz CT molecular complexity index is 1190. The van der Waals surface area contributed by atoms with Gasteiger partial charge in [0, 0.05) is 12.8 Å². The topological polar surface area (TPSA) is 134 Å². The molecule has 0 aliphatic carbocycles. The lowest BCUT2D eigenvalue weighted by atomic mass is 10.0. The SMILES string of the molecule is N#Cc1cccc(C[C@@H](NC(=O)[C@H](Cc2ccccc2)NC(=O)OCc2ccccc2)C(N)=O)c1. The standard InChI is InChI=1S/C27H26N4O4/c28-17-22-13-7-12-21(14-22)16-23(25(29)32)30-26(33)24(15-19-8-3-1-4-9-19)31-27(34)35-18-20-10-5-2-6-11-20/h1-14,23-24H,15-16,18H2,(H2,29,32)(H,30,33)(H,31,34)/t23-,24+/m1/s1. The predicted octanol–water partition coefficient (Wildman–Crippen LogP) is 2.61. The zero-order valence-corrected chi connectivity index (χ0v) is 19.0. The average molecular weight is 471 g/mol. The number of carbonyl (C=O) groups excluding carboxylic acids is 3.